The van der Waals surface area contributed by atoms with Gasteiger partial charge in [-0.25, -0.2) is 4.98 Å². The number of nitrogens with zero attached hydrogens (tertiary/aromatic N) is 2. The van der Waals surface area contributed by atoms with Gasteiger partial charge in [0.25, 0.3) is 0 Å². The van der Waals surface area contributed by atoms with Gasteiger partial charge in [0, 0.05) is 29.3 Å². The third-order valence-electron chi connectivity index (χ3n) is 5.41. The van der Waals surface area contributed by atoms with Gasteiger partial charge in [-0.2, -0.15) is 0 Å². The largest absolute Gasteiger partial charge is 0.347 e. The summed E-state index contributed by atoms with van der Waals surface area (Å²) >= 11 is 1.60. The number of hydrogen-bond acceptors (Lipinski definition) is 4. The Bertz CT molecular complexity index is 692. The van der Waals surface area contributed by atoms with E-state index in [1.807, 2.05) is 24.4 Å². The molecule has 0 bridgehead atoms. The second kappa shape index (κ2) is 9.26. The van der Waals surface area contributed by atoms with E-state index in [0.29, 0.717) is 0 Å². The molecule has 0 radical (unpaired) electrons. The molecule has 3 rings (SSSR count). The highest BCUT2D eigenvalue weighted by Gasteiger charge is 2.27. The molecule has 2 heterocycles. The Morgan fingerprint density at radius 3 is 2.69 bits per heavy atom. The number of thiazole rings is 1. The molecule has 5 heteroatoms. The number of nitrogens with one attached hydrogen (secondary N) is 1. The second-order valence-electron chi connectivity index (χ2n) is 7.40. The summed E-state index contributed by atoms with van der Waals surface area (Å²) in [4.78, 5) is 21.4. The van der Waals surface area contributed by atoms with E-state index in [9.17, 15) is 4.79 Å². The molecule has 0 saturated heterocycles. The van der Waals surface area contributed by atoms with Crippen LogP contribution in [0.5, 0.6) is 0 Å². The van der Waals surface area contributed by atoms with Crippen LogP contribution in [0.4, 0.5) is 0 Å². The minimum Gasteiger partial charge on any atom is -0.347 e. The Balaban J connectivity index is 1.51. The molecule has 0 spiro atoms. The Morgan fingerprint density at radius 1 is 1.27 bits per heavy atom. The molecule has 0 aromatic carbocycles. The fraction of sp³-hybridized carbons (Fsp3) is 0.571. The van der Waals surface area contributed by atoms with Gasteiger partial charge < -0.3 is 5.32 Å². The third kappa shape index (κ3) is 4.91. The van der Waals surface area contributed by atoms with Crippen molar-refractivity contribution >= 4 is 17.2 Å². The number of pyridine rings is 1. The van der Waals surface area contributed by atoms with Crippen molar-refractivity contribution in [3.05, 3.63) is 34.9 Å². The Kier molecular flexibility index (Phi) is 6.78. The van der Waals surface area contributed by atoms with Gasteiger partial charge in [-0.1, -0.05) is 26.2 Å². The molecule has 1 unspecified atom stereocenters. The van der Waals surface area contributed by atoms with Crippen LogP contribution in [0.25, 0.3) is 11.3 Å². The topological polar surface area (TPSA) is 54.9 Å². The summed E-state index contributed by atoms with van der Waals surface area (Å²) in [6.07, 6.45) is 12.0. The summed E-state index contributed by atoms with van der Waals surface area (Å²) in [5.74, 6) is 1.21. The van der Waals surface area contributed by atoms with Gasteiger partial charge in [-0.05, 0) is 50.7 Å². The van der Waals surface area contributed by atoms with E-state index in [-0.39, 0.29) is 17.9 Å². The standard InChI is InChI=1S/C21H29N3OS/c1-3-4-5-16-6-8-18(9-7-16)20(25)23-15(2)21-24-19(14-26-21)17-10-12-22-13-11-17/h10-16,18H,3-9H2,1-2H3,(H,23,25). The lowest BCUT2D eigenvalue weighted by atomic mass is 9.79. The van der Waals surface area contributed by atoms with Crippen molar-refractivity contribution < 1.29 is 4.79 Å². The normalized spacial score (nSPS) is 21.3. The van der Waals surface area contributed by atoms with Gasteiger partial charge in [0.05, 0.1) is 11.7 Å². The van der Waals surface area contributed by atoms with Gasteiger partial charge in [0.2, 0.25) is 5.91 Å². The van der Waals surface area contributed by atoms with Crippen LogP contribution in [0.15, 0.2) is 29.9 Å². The van der Waals surface area contributed by atoms with Crippen molar-refractivity contribution in [1.82, 2.24) is 15.3 Å². The summed E-state index contributed by atoms with van der Waals surface area (Å²) in [5, 5.41) is 6.19. The van der Waals surface area contributed by atoms with E-state index < -0.39 is 0 Å². The maximum Gasteiger partial charge on any atom is 0.223 e. The quantitative estimate of drug-likeness (QED) is 0.711. The number of hydrogen-bond donors (Lipinski definition) is 1. The zero-order valence-electron chi connectivity index (χ0n) is 15.8. The smallest absolute Gasteiger partial charge is 0.223 e. The van der Waals surface area contributed by atoms with Gasteiger partial charge >= 0.3 is 0 Å². The summed E-state index contributed by atoms with van der Waals surface area (Å²) < 4.78 is 0. The minimum absolute atomic E-state index is 0.0408. The van der Waals surface area contributed by atoms with Crippen LogP contribution in [0.1, 0.15) is 69.8 Å². The highest BCUT2D eigenvalue weighted by molar-refractivity contribution is 7.10. The fourth-order valence-corrected chi connectivity index (χ4v) is 4.58. The van der Waals surface area contributed by atoms with Crippen LogP contribution in [-0.4, -0.2) is 15.9 Å². The van der Waals surface area contributed by atoms with Crippen molar-refractivity contribution in [3.63, 3.8) is 0 Å². The molecule has 140 valence electrons. The molecule has 1 fully saturated rings. The number of carbonyl (C=O) groups excluding carboxylic acids is 1. The number of rotatable bonds is 7. The fourth-order valence-electron chi connectivity index (χ4n) is 3.74. The van der Waals surface area contributed by atoms with Crippen molar-refractivity contribution in [3.8, 4) is 11.3 Å². The van der Waals surface area contributed by atoms with Crippen LogP contribution >= 0.6 is 11.3 Å². The molecule has 1 amide bonds. The maximum absolute atomic E-state index is 12.6. The van der Waals surface area contributed by atoms with Crippen molar-refractivity contribution in [2.75, 3.05) is 0 Å². The van der Waals surface area contributed by atoms with E-state index in [0.717, 1.165) is 35.0 Å². The van der Waals surface area contributed by atoms with Crippen molar-refractivity contribution in [1.29, 1.82) is 0 Å². The van der Waals surface area contributed by atoms with Crippen LogP contribution in [0, 0.1) is 11.8 Å². The molecule has 1 aliphatic carbocycles. The average Bonchev–Trinajstić information content (AvgIpc) is 3.18. The lowest BCUT2D eigenvalue weighted by Gasteiger charge is -2.28. The molecule has 1 aliphatic rings. The van der Waals surface area contributed by atoms with Crippen LogP contribution in [-0.2, 0) is 4.79 Å². The molecular weight excluding hydrogens is 342 g/mol. The van der Waals surface area contributed by atoms with Gasteiger partial charge in [-0.15, -0.1) is 11.3 Å². The van der Waals surface area contributed by atoms with E-state index in [1.165, 1.54) is 32.1 Å². The predicted molar refractivity (Wildman–Crippen MR) is 107 cm³/mol. The van der Waals surface area contributed by atoms with Crippen LogP contribution < -0.4 is 5.32 Å². The van der Waals surface area contributed by atoms with E-state index in [1.54, 1.807) is 23.7 Å². The van der Waals surface area contributed by atoms with E-state index in [2.05, 4.69) is 17.2 Å². The predicted octanol–water partition coefficient (Wildman–Crippen LogP) is 5.38. The van der Waals surface area contributed by atoms with Crippen molar-refractivity contribution in [2.45, 2.75) is 64.8 Å². The number of amides is 1. The molecule has 0 aliphatic heterocycles. The first-order valence-electron chi connectivity index (χ1n) is 9.83. The van der Waals surface area contributed by atoms with Crippen LogP contribution in [0.2, 0.25) is 0 Å². The summed E-state index contributed by atoms with van der Waals surface area (Å²) in [7, 11) is 0. The van der Waals surface area contributed by atoms with Gasteiger partial charge in [0.15, 0.2) is 0 Å². The monoisotopic (exact) mass is 371 g/mol. The van der Waals surface area contributed by atoms with Crippen molar-refractivity contribution in [2.24, 2.45) is 11.8 Å². The highest BCUT2D eigenvalue weighted by Crippen LogP contribution is 2.32. The first-order valence-corrected chi connectivity index (χ1v) is 10.7. The SMILES string of the molecule is CCCCC1CCC(C(=O)NC(C)c2nc(-c3ccncc3)cs2)CC1. The number of unbranched alkanes of at least 4 members (excludes halogenated alkanes) is 1. The number of aromatic nitrogens is 2. The highest BCUT2D eigenvalue weighted by atomic mass is 32.1. The zero-order valence-corrected chi connectivity index (χ0v) is 16.6. The minimum atomic E-state index is -0.0408. The summed E-state index contributed by atoms with van der Waals surface area (Å²) in [5.41, 5.74) is 2.01. The third-order valence-corrected chi connectivity index (χ3v) is 6.44. The summed E-state index contributed by atoms with van der Waals surface area (Å²) in [6.45, 7) is 4.28. The first-order chi connectivity index (χ1) is 12.7. The van der Waals surface area contributed by atoms with Gasteiger partial charge in [0.1, 0.15) is 5.01 Å². The molecule has 2 aromatic rings. The zero-order chi connectivity index (χ0) is 18.4. The Labute approximate surface area is 160 Å². The molecular formula is C21H29N3OS. The molecule has 1 saturated carbocycles. The number of carbonyl (C=O) groups is 1. The Morgan fingerprint density at radius 2 is 2.00 bits per heavy atom. The molecule has 1 N–H and O–H groups in total. The van der Waals surface area contributed by atoms with E-state index >= 15 is 0 Å². The molecule has 2 aromatic heterocycles. The second-order valence-corrected chi connectivity index (χ2v) is 8.29. The average molecular weight is 372 g/mol. The first kappa shape index (κ1) is 19.0. The van der Waals surface area contributed by atoms with Gasteiger partial charge in [-0.3, -0.25) is 9.78 Å². The lowest BCUT2D eigenvalue weighted by molar-refractivity contribution is -0.126. The Hall–Kier alpha value is -1.75. The van der Waals surface area contributed by atoms with E-state index in [4.69, 9.17) is 4.98 Å². The summed E-state index contributed by atoms with van der Waals surface area (Å²) in [6, 6.07) is 3.87. The molecule has 4 nitrogen and oxygen atoms in total. The molecule has 26 heavy (non-hydrogen) atoms. The molecule has 1 atom stereocenters. The maximum atomic E-state index is 12.6. The van der Waals surface area contributed by atoms with Crippen LogP contribution in [0.3, 0.4) is 0 Å². The lowest BCUT2D eigenvalue weighted by Crippen LogP contribution is -2.34.